The lowest BCUT2D eigenvalue weighted by Crippen LogP contribution is -2.31. The zero-order valence-electron chi connectivity index (χ0n) is 12.5. The quantitative estimate of drug-likeness (QED) is 0.839. The van der Waals surface area contributed by atoms with E-state index < -0.39 is 10.0 Å². The molecule has 7 nitrogen and oxygen atoms in total. The molecule has 0 aliphatic rings. The smallest absolute Gasteiger partial charge is 0.262 e. The minimum Gasteiger partial charge on any atom is -0.381 e. The number of sulfonamides is 1. The van der Waals surface area contributed by atoms with Crippen LogP contribution in [0.1, 0.15) is 6.42 Å². The van der Waals surface area contributed by atoms with Crippen LogP contribution in [0.4, 0.5) is 5.82 Å². The van der Waals surface area contributed by atoms with E-state index in [2.05, 4.69) is 4.98 Å². The van der Waals surface area contributed by atoms with Crippen molar-refractivity contribution in [2.45, 2.75) is 11.4 Å². The van der Waals surface area contributed by atoms with Gasteiger partial charge in [0.05, 0.1) is 0 Å². The van der Waals surface area contributed by atoms with Gasteiger partial charge in [-0.1, -0.05) is 6.07 Å². The Balaban J connectivity index is 2.31. The van der Waals surface area contributed by atoms with Crippen molar-refractivity contribution in [3.05, 3.63) is 24.4 Å². The summed E-state index contributed by atoms with van der Waals surface area (Å²) in [7, 11) is 1.81. The molecule has 0 atom stereocenters. The summed E-state index contributed by atoms with van der Waals surface area (Å²) in [5.41, 5.74) is 6.33. The van der Waals surface area contributed by atoms with Crippen LogP contribution >= 0.6 is 0 Å². The number of nitrogens with zero attached hydrogens (tertiary/aromatic N) is 4. The highest BCUT2D eigenvalue weighted by Gasteiger charge is 2.27. The highest BCUT2D eigenvalue weighted by Crippen LogP contribution is 2.22. The molecule has 0 bridgehead atoms. The third-order valence-electron chi connectivity index (χ3n) is 3.24. The SMILES string of the molecule is CN(C)CCCN(C)S(=O)(=O)c1c(N)nc2ccccn12. The van der Waals surface area contributed by atoms with E-state index in [0.29, 0.717) is 12.2 Å². The minimum atomic E-state index is -3.66. The molecule has 0 aliphatic heterocycles. The van der Waals surface area contributed by atoms with Crippen LogP contribution in [0.3, 0.4) is 0 Å². The van der Waals surface area contributed by atoms with Gasteiger partial charge in [0.1, 0.15) is 5.65 Å². The second-order valence-electron chi connectivity index (χ2n) is 5.21. The summed E-state index contributed by atoms with van der Waals surface area (Å²) in [5.74, 6) is 0.0284. The number of nitrogens with two attached hydrogens (primary N) is 1. The molecular weight excluding hydrogens is 290 g/mol. The topological polar surface area (TPSA) is 83.9 Å². The standard InChI is InChI=1S/C13H21N5O2S/c1-16(2)8-6-9-17(3)21(19,20)13-12(14)15-11-7-4-5-10-18(11)13/h4-5,7,10H,6,8-9,14H2,1-3H3. The van der Waals surface area contributed by atoms with Gasteiger partial charge in [-0.2, -0.15) is 4.31 Å². The highest BCUT2D eigenvalue weighted by molar-refractivity contribution is 7.89. The van der Waals surface area contributed by atoms with E-state index in [1.54, 1.807) is 31.4 Å². The van der Waals surface area contributed by atoms with Gasteiger partial charge >= 0.3 is 0 Å². The molecule has 21 heavy (non-hydrogen) atoms. The first kappa shape index (κ1) is 15.7. The van der Waals surface area contributed by atoms with Crippen LogP contribution in [0.2, 0.25) is 0 Å². The molecule has 8 heteroatoms. The van der Waals surface area contributed by atoms with Crippen LogP contribution in [-0.2, 0) is 10.0 Å². The minimum absolute atomic E-state index is 0.0284. The summed E-state index contributed by atoms with van der Waals surface area (Å²) < 4.78 is 28.2. The Labute approximate surface area is 125 Å². The fourth-order valence-electron chi connectivity index (χ4n) is 2.13. The number of aromatic nitrogens is 2. The third-order valence-corrected chi connectivity index (χ3v) is 5.14. The number of pyridine rings is 1. The molecule has 2 N–H and O–H groups in total. The van der Waals surface area contributed by atoms with Crippen molar-refractivity contribution in [3.8, 4) is 0 Å². The lowest BCUT2D eigenvalue weighted by Gasteiger charge is -2.18. The average Bonchev–Trinajstić information content (AvgIpc) is 2.74. The Bertz CT molecular complexity index is 723. The van der Waals surface area contributed by atoms with E-state index in [-0.39, 0.29) is 10.8 Å². The Morgan fingerprint density at radius 1 is 1.24 bits per heavy atom. The first-order chi connectivity index (χ1) is 9.84. The molecule has 0 amide bonds. The van der Waals surface area contributed by atoms with Gasteiger partial charge in [0, 0.05) is 19.8 Å². The number of hydrogen-bond donors (Lipinski definition) is 1. The average molecular weight is 311 g/mol. The van der Waals surface area contributed by atoms with Crippen molar-refractivity contribution in [1.82, 2.24) is 18.6 Å². The molecular formula is C13H21N5O2S. The Morgan fingerprint density at radius 2 is 1.95 bits per heavy atom. The summed E-state index contributed by atoms with van der Waals surface area (Å²) in [6.45, 7) is 1.25. The predicted molar refractivity (Wildman–Crippen MR) is 82.6 cm³/mol. The lowest BCUT2D eigenvalue weighted by molar-refractivity contribution is 0.370. The second-order valence-corrected chi connectivity index (χ2v) is 7.17. The van der Waals surface area contributed by atoms with Crippen LogP contribution in [0.15, 0.2) is 29.4 Å². The maximum atomic E-state index is 12.7. The van der Waals surface area contributed by atoms with Crippen LogP contribution in [0, 0.1) is 0 Å². The number of hydrogen-bond acceptors (Lipinski definition) is 5. The molecule has 116 valence electrons. The maximum Gasteiger partial charge on any atom is 0.262 e. The third kappa shape index (κ3) is 3.17. The van der Waals surface area contributed by atoms with Gasteiger partial charge in [-0.3, -0.25) is 4.40 Å². The molecule has 0 aromatic carbocycles. The molecule has 0 spiro atoms. The maximum absolute atomic E-state index is 12.7. The molecule has 0 unspecified atom stereocenters. The Morgan fingerprint density at radius 3 is 2.62 bits per heavy atom. The van der Waals surface area contributed by atoms with Gasteiger partial charge in [0.25, 0.3) is 10.0 Å². The van der Waals surface area contributed by atoms with Crippen molar-refractivity contribution in [3.63, 3.8) is 0 Å². The summed E-state index contributed by atoms with van der Waals surface area (Å²) in [5, 5.41) is 0.0328. The first-order valence-corrected chi connectivity index (χ1v) is 8.11. The number of anilines is 1. The van der Waals surface area contributed by atoms with Gasteiger partial charge in [0.15, 0.2) is 10.8 Å². The molecule has 0 fully saturated rings. The van der Waals surface area contributed by atoms with Gasteiger partial charge in [-0.25, -0.2) is 13.4 Å². The molecule has 0 saturated carbocycles. The van der Waals surface area contributed by atoms with E-state index in [4.69, 9.17) is 5.73 Å². The molecule has 2 rings (SSSR count). The van der Waals surface area contributed by atoms with Crippen molar-refractivity contribution in [2.75, 3.05) is 40.0 Å². The van der Waals surface area contributed by atoms with Crippen molar-refractivity contribution in [2.24, 2.45) is 0 Å². The van der Waals surface area contributed by atoms with E-state index in [9.17, 15) is 8.42 Å². The van der Waals surface area contributed by atoms with E-state index in [1.807, 2.05) is 19.0 Å². The van der Waals surface area contributed by atoms with Gasteiger partial charge in [-0.05, 0) is 39.2 Å². The van der Waals surface area contributed by atoms with Crippen LogP contribution in [0.5, 0.6) is 0 Å². The van der Waals surface area contributed by atoms with Crippen molar-refractivity contribution >= 4 is 21.5 Å². The van der Waals surface area contributed by atoms with Crippen LogP contribution in [-0.4, -0.2) is 61.2 Å². The summed E-state index contributed by atoms with van der Waals surface area (Å²) in [4.78, 5) is 6.11. The summed E-state index contributed by atoms with van der Waals surface area (Å²) >= 11 is 0. The molecule has 2 heterocycles. The fraction of sp³-hybridized carbons (Fsp3) is 0.462. The number of fused-ring (bicyclic) bond motifs is 1. The van der Waals surface area contributed by atoms with Crippen molar-refractivity contribution in [1.29, 1.82) is 0 Å². The molecule has 0 aliphatic carbocycles. The largest absolute Gasteiger partial charge is 0.381 e. The predicted octanol–water partition coefficient (Wildman–Crippen LogP) is 0.489. The van der Waals surface area contributed by atoms with Crippen LogP contribution in [0.25, 0.3) is 5.65 Å². The molecule has 0 radical (unpaired) electrons. The normalized spacial score (nSPS) is 12.6. The summed E-state index contributed by atoms with van der Waals surface area (Å²) in [6, 6.07) is 5.26. The Kier molecular flexibility index (Phi) is 4.50. The number of nitrogen functional groups attached to an aromatic ring is 1. The Hall–Kier alpha value is -1.64. The lowest BCUT2D eigenvalue weighted by atomic mass is 10.4. The second kappa shape index (κ2) is 6.00. The zero-order valence-corrected chi connectivity index (χ0v) is 13.3. The highest BCUT2D eigenvalue weighted by atomic mass is 32.2. The number of rotatable bonds is 6. The zero-order chi connectivity index (χ0) is 15.6. The van der Waals surface area contributed by atoms with Crippen molar-refractivity contribution < 1.29 is 8.42 Å². The first-order valence-electron chi connectivity index (χ1n) is 6.67. The fourth-order valence-corrected chi connectivity index (χ4v) is 3.50. The van der Waals surface area contributed by atoms with E-state index in [0.717, 1.165) is 13.0 Å². The van der Waals surface area contributed by atoms with Gasteiger partial charge < -0.3 is 10.6 Å². The molecule has 2 aromatic heterocycles. The molecule has 0 saturated heterocycles. The van der Waals surface area contributed by atoms with E-state index >= 15 is 0 Å². The monoisotopic (exact) mass is 311 g/mol. The van der Waals surface area contributed by atoms with Gasteiger partial charge in [-0.15, -0.1) is 0 Å². The van der Waals surface area contributed by atoms with E-state index in [1.165, 1.54) is 8.71 Å². The van der Waals surface area contributed by atoms with Gasteiger partial charge in [0.2, 0.25) is 0 Å². The number of imidazole rings is 1. The summed E-state index contributed by atoms with van der Waals surface area (Å²) in [6.07, 6.45) is 2.40. The molecule has 2 aromatic rings. The van der Waals surface area contributed by atoms with Crippen LogP contribution < -0.4 is 5.73 Å².